The summed E-state index contributed by atoms with van der Waals surface area (Å²) in [6, 6.07) is 0.260. The molecule has 2 aromatic heterocycles. The number of hydrogen-bond donors (Lipinski definition) is 0. The standard InChI is InChI=1S/C14H17ClN4O2/c1-20-14-11-13(16-7-17-14)19(10(6-15)18-11)9-4-5-21-12(9)8-2-3-8/h7-9,12H,2-6H2,1H3. The van der Waals surface area contributed by atoms with Crippen LogP contribution in [0.1, 0.15) is 31.1 Å². The molecule has 6 nitrogen and oxygen atoms in total. The van der Waals surface area contributed by atoms with Crippen molar-refractivity contribution in [2.45, 2.75) is 37.3 Å². The number of imidazole rings is 1. The van der Waals surface area contributed by atoms with Crippen LogP contribution >= 0.6 is 11.6 Å². The summed E-state index contributed by atoms with van der Waals surface area (Å²) in [5, 5.41) is 0. The van der Waals surface area contributed by atoms with Crippen LogP contribution < -0.4 is 4.74 Å². The molecule has 2 aliphatic rings. The van der Waals surface area contributed by atoms with Crippen molar-refractivity contribution in [3.8, 4) is 5.88 Å². The van der Waals surface area contributed by atoms with Crippen LogP contribution in [0.15, 0.2) is 6.33 Å². The zero-order valence-corrected chi connectivity index (χ0v) is 12.6. The molecular formula is C14H17ClN4O2. The molecule has 0 bridgehead atoms. The highest BCUT2D eigenvalue weighted by atomic mass is 35.5. The molecule has 112 valence electrons. The minimum absolute atomic E-state index is 0.255. The fourth-order valence-electron chi connectivity index (χ4n) is 3.28. The van der Waals surface area contributed by atoms with E-state index in [0.717, 1.165) is 24.5 Å². The lowest BCUT2D eigenvalue weighted by Crippen LogP contribution is -2.23. The minimum atomic E-state index is 0.255. The van der Waals surface area contributed by atoms with E-state index >= 15 is 0 Å². The van der Waals surface area contributed by atoms with Gasteiger partial charge in [0.05, 0.1) is 25.1 Å². The van der Waals surface area contributed by atoms with Crippen LogP contribution in [0.4, 0.5) is 0 Å². The van der Waals surface area contributed by atoms with Gasteiger partial charge in [-0.25, -0.2) is 9.97 Å². The third-order valence-corrected chi connectivity index (χ3v) is 4.59. The van der Waals surface area contributed by atoms with Crippen LogP contribution in [0.3, 0.4) is 0 Å². The normalized spacial score (nSPS) is 25.6. The van der Waals surface area contributed by atoms with Crippen molar-refractivity contribution >= 4 is 22.8 Å². The summed E-state index contributed by atoms with van der Waals surface area (Å²) in [5.74, 6) is 2.31. The molecule has 2 unspecified atom stereocenters. The van der Waals surface area contributed by atoms with E-state index in [1.54, 1.807) is 7.11 Å². The molecule has 4 rings (SSSR count). The Kier molecular flexibility index (Phi) is 3.23. The van der Waals surface area contributed by atoms with E-state index in [9.17, 15) is 0 Å². The Bertz CT molecular complexity index is 670. The summed E-state index contributed by atoms with van der Waals surface area (Å²) in [6.07, 6.45) is 5.25. The topological polar surface area (TPSA) is 62.1 Å². The first kappa shape index (κ1) is 13.3. The highest BCUT2D eigenvalue weighted by Gasteiger charge is 2.42. The van der Waals surface area contributed by atoms with E-state index in [2.05, 4.69) is 19.5 Å². The molecule has 21 heavy (non-hydrogen) atoms. The number of ether oxygens (including phenoxy) is 2. The van der Waals surface area contributed by atoms with E-state index < -0.39 is 0 Å². The first-order chi connectivity index (χ1) is 10.3. The molecule has 1 saturated heterocycles. The van der Waals surface area contributed by atoms with Gasteiger partial charge >= 0.3 is 0 Å². The Labute approximate surface area is 127 Å². The van der Waals surface area contributed by atoms with Crippen LogP contribution in [0.2, 0.25) is 0 Å². The number of aromatic nitrogens is 4. The van der Waals surface area contributed by atoms with Crippen LogP contribution in [0, 0.1) is 5.92 Å². The van der Waals surface area contributed by atoms with Gasteiger partial charge in [0.15, 0.2) is 11.2 Å². The average molecular weight is 309 g/mol. The second-order valence-corrected chi connectivity index (χ2v) is 5.88. The van der Waals surface area contributed by atoms with E-state index in [-0.39, 0.29) is 12.1 Å². The predicted molar refractivity (Wildman–Crippen MR) is 77.6 cm³/mol. The fraction of sp³-hybridized carbons (Fsp3) is 0.643. The molecule has 2 aromatic rings. The van der Waals surface area contributed by atoms with E-state index in [1.807, 2.05) is 0 Å². The number of rotatable bonds is 4. The number of halogens is 1. The monoisotopic (exact) mass is 308 g/mol. The van der Waals surface area contributed by atoms with Gasteiger partial charge in [0.2, 0.25) is 5.88 Å². The van der Waals surface area contributed by atoms with E-state index in [1.165, 1.54) is 19.2 Å². The molecule has 0 amide bonds. The molecule has 0 N–H and O–H groups in total. The molecule has 1 aliphatic carbocycles. The molecule has 2 fully saturated rings. The number of alkyl halides is 1. The molecule has 3 heterocycles. The van der Waals surface area contributed by atoms with Crippen molar-refractivity contribution in [2.24, 2.45) is 5.92 Å². The maximum atomic E-state index is 6.11. The zero-order chi connectivity index (χ0) is 14.4. The van der Waals surface area contributed by atoms with Crippen LogP contribution in [0.25, 0.3) is 11.2 Å². The lowest BCUT2D eigenvalue weighted by molar-refractivity contribution is 0.0753. The highest BCUT2D eigenvalue weighted by molar-refractivity contribution is 6.16. The molecule has 1 saturated carbocycles. The van der Waals surface area contributed by atoms with Gasteiger partial charge in [-0.3, -0.25) is 0 Å². The Morgan fingerprint density at radius 1 is 1.38 bits per heavy atom. The lowest BCUT2D eigenvalue weighted by Gasteiger charge is -2.21. The Balaban J connectivity index is 1.86. The molecule has 1 aliphatic heterocycles. The minimum Gasteiger partial charge on any atom is -0.479 e. The maximum absolute atomic E-state index is 6.11. The zero-order valence-electron chi connectivity index (χ0n) is 11.8. The van der Waals surface area contributed by atoms with Gasteiger partial charge in [-0.1, -0.05) is 0 Å². The second-order valence-electron chi connectivity index (χ2n) is 5.62. The van der Waals surface area contributed by atoms with E-state index in [0.29, 0.717) is 23.2 Å². The summed E-state index contributed by atoms with van der Waals surface area (Å²) in [4.78, 5) is 13.1. The fourth-order valence-corrected chi connectivity index (χ4v) is 3.47. The summed E-state index contributed by atoms with van der Waals surface area (Å²) >= 11 is 6.11. The number of methoxy groups -OCH3 is 1. The molecule has 2 atom stereocenters. The van der Waals surface area contributed by atoms with Gasteiger partial charge in [-0.15, -0.1) is 11.6 Å². The van der Waals surface area contributed by atoms with Gasteiger partial charge < -0.3 is 14.0 Å². The Hall–Kier alpha value is -1.40. The van der Waals surface area contributed by atoms with Crippen molar-refractivity contribution in [1.82, 2.24) is 19.5 Å². The van der Waals surface area contributed by atoms with E-state index in [4.69, 9.17) is 21.1 Å². The molecular weight excluding hydrogens is 292 g/mol. The average Bonchev–Trinajstić information content (AvgIpc) is 3.12. The molecule has 7 heteroatoms. The van der Waals surface area contributed by atoms with Crippen molar-refractivity contribution in [1.29, 1.82) is 0 Å². The van der Waals surface area contributed by atoms with Crippen LogP contribution in [-0.2, 0) is 10.6 Å². The number of fused-ring (bicyclic) bond motifs is 1. The molecule has 0 radical (unpaired) electrons. The second kappa shape index (κ2) is 5.10. The quantitative estimate of drug-likeness (QED) is 0.811. The van der Waals surface area contributed by atoms with Gasteiger partial charge in [0.25, 0.3) is 0 Å². The molecule has 0 spiro atoms. The number of nitrogens with zero attached hydrogens (tertiary/aromatic N) is 4. The number of hydrogen-bond acceptors (Lipinski definition) is 5. The first-order valence-electron chi connectivity index (χ1n) is 7.27. The first-order valence-corrected chi connectivity index (χ1v) is 7.80. The summed E-state index contributed by atoms with van der Waals surface area (Å²) in [5.41, 5.74) is 1.47. The van der Waals surface area contributed by atoms with Gasteiger partial charge in [-0.05, 0) is 25.2 Å². The Morgan fingerprint density at radius 2 is 2.24 bits per heavy atom. The third-order valence-electron chi connectivity index (χ3n) is 4.35. The maximum Gasteiger partial charge on any atom is 0.245 e. The van der Waals surface area contributed by atoms with Gasteiger partial charge in [-0.2, -0.15) is 4.98 Å². The van der Waals surface area contributed by atoms with Crippen LogP contribution in [-0.4, -0.2) is 39.3 Å². The van der Waals surface area contributed by atoms with Crippen molar-refractivity contribution in [2.75, 3.05) is 13.7 Å². The van der Waals surface area contributed by atoms with Gasteiger partial charge in [0, 0.05) is 6.61 Å². The largest absolute Gasteiger partial charge is 0.479 e. The van der Waals surface area contributed by atoms with Crippen LogP contribution in [0.5, 0.6) is 5.88 Å². The van der Waals surface area contributed by atoms with Crippen molar-refractivity contribution in [3.05, 3.63) is 12.2 Å². The molecule has 0 aromatic carbocycles. The summed E-state index contributed by atoms with van der Waals surface area (Å²) in [6.45, 7) is 0.787. The predicted octanol–water partition coefficient (Wildman–Crippen LogP) is 2.31. The van der Waals surface area contributed by atoms with Crippen molar-refractivity contribution < 1.29 is 9.47 Å². The summed E-state index contributed by atoms with van der Waals surface area (Å²) < 4.78 is 13.4. The highest BCUT2D eigenvalue weighted by Crippen LogP contribution is 2.44. The lowest BCUT2D eigenvalue weighted by atomic mass is 10.1. The van der Waals surface area contributed by atoms with Gasteiger partial charge in [0.1, 0.15) is 12.2 Å². The summed E-state index contributed by atoms with van der Waals surface area (Å²) in [7, 11) is 1.59. The smallest absolute Gasteiger partial charge is 0.245 e. The Morgan fingerprint density at radius 3 is 2.95 bits per heavy atom. The van der Waals surface area contributed by atoms with Crippen molar-refractivity contribution in [3.63, 3.8) is 0 Å². The third kappa shape index (κ3) is 2.08. The SMILES string of the molecule is COc1ncnc2c1nc(CCl)n2C1CCOC1C1CC1.